The summed E-state index contributed by atoms with van der Waals surface area (Å²) >= 11 is 0. The average molecular weight is 276 g/mol. The van der Waals surface area contributed by atoms with Gasteiger partial charge in [0, 0.05) is 5.92 Å². The van der Waals surface area contributed by atoms with E-state index < -0.39 is 11.8 Å². The third-order valence-electron chi connectivity index (χ3n) is 5.85. The van der Waals surface area contributed by atoms with E-state index in [0.717, 1.165) is 36.0 Å². The van der Waals surface area contributed by atoms with Crippen LogP contribution in [0.3, 0.4) is 0 Å². The molecule has 0 heterocycles. The van der Waals surface area contributed by atoms with E-state index in [4.69, 9.17) is 9.47 Å². The quantitative estimate of drug-likeness (QED) is 0.415. The second-order valence-electron chi connectivity index (χ2n) is 8.12. The Kier molecular flexibility index (Phi) is 2.56. The lowest BCUT2D eigenvalue weighted by atomic mass is 9.72. The molecule has 3 nitrogen and oxygen atoms in total. The molecule has 0 amide bonds. The zero-order valence-electron chi connectivity index (χ0n) is 12.5. The lowest BCUT2D eigenvalue weighted by molar-refractivity contribution is -0.0501. The second kappa shape index (κ2) is 4.02. The van der Waals surface area contributed by atoms with Crippen LogP contribution in [0.25, 0.3) is 0 Å². The molecule has 0 aromatic rings. The molecule has 0 aliphatic heterocycles. The van der Waals surface area contributed by atoms with Crippen LogP contribution in [-0.4, -0.2) is 17.9 Å². The SMILES string of the molecule is CC(C)(C)OC(=O)OC1CC2CC1C1C3C=CC(C3)C21. The van der Waals surface area contributed by atoms with Crippen molar-refractivity contribution in [2.45, 2.75) is 51.7 Å². The van der Waals surface area contributed by atoms with Crippen LogP contribution in [0.1, 0.15) is 40.0 Å². The molecule has 3 fully saturated rings. The molecular formula is C17H24O3. The molecule has 4 rings (SSSR count). The zero-order chi connectivity index (χ0) is 14.1. The molecule has 0 aromatic heterocycles. The van der Waals surface area contributed by atoms with Gasteiger partial charge in [-0.25, -0.2) is 4.79 Å². The molecule has 0 saturated heterocycles. The van der Waals surface area contributed by atoms with E-state index >= 15 is 0 Å². The number of allylic oxidation sites excluding steroid dienone is 2. The van der Waals surface area contributed by atoms with Crippen LogP contribution in [0.15, 0.2) is 12.2 Å². The molecule has 3 heteroatoms. The lowest BCUT2D eigenvalue weighted by Crippen LogP contribution is -2.37. The van der Waals surface area contributed by atoms with Crippen molar-refractivity contribution in [1.29, 1.82) is 0 Å². The molecule has 0 radical (unpaired) electrons. The number of rotatable bonds is 1. The van der Waals surface area contributed by atoms with Crippen LogP contribution >= 0.6 is 0 Å². The topological polar surface area (TPSA) is 35.5 Å². The second-order valence-corrected chi connectivity index (χ2v) is 8.12. The molecule has 20 heavy (non-hydrogen) atoms. The Morgan fingerprint density at radius 3 is 2.45 bits per heavy atom. The molecule has 3 saturated carbocycles. The highest BCUT2D eigenvalue weighted by atomic mass is 16.7. The van der Waals surface area contributed by atoms with Crippen molar-refractivity contribution in [3.63, 3.8) is 0 Å². The Morgan fingerprint density at radius 2 is 1.75 bits per heavy atom. The first-order chi connectivity index (χ1) is 9.42. The standard InChI is InChI=1S/C17H24O3/c1-17(2,3)20-16(18)19-13-8-11-7-12(13)15-10-5-4-9(6-10)14(11)15/h4-5,9-15H,6-8H2,1-3H3. The van der Waals surface area contributed by atoms with Crippen molar-refractivity contribution in [1.82, 2.24) is 0 Å². The molecule has 4 aliphatic carbocycles. The maximum atomic E-state index is 11.9. The first-order valence-corrected chi connectivity index (χ1v) is 8.00. The number of hydrogen-bond acceptors (Lipinski definition) is 3. The summed E-state index contributed by atoms with van der Waals surface area (Å²) in [6.45, 7) is 5.64. The highest BCUT2D eigenvalue weighted by Gasteiger charge is 2.62. The summed E-state index contributed by atoms with van der Waals surface area (Å²) in [6, 6.07) is 0. The van der Waals surface area contributed by atoms with E-state index in [2.05, 4.69) is 12.2 Å². The molecule has 0 N–H and O–H groups in total. The highest BCUT2D eigenvalue weighted by molar-refractivity contribution is 5.60. The van der Waals surface area contributed by atoms with Gasteiger partial charge in [0.05, 0.1) is 0 Å². The normalized spacial score (nSPS) is 47.6. The van der Waals surface area contributed by atoms with Gasteiger partial charge in [-0.15, -0.1) is 0 Å². The molecule has 110 valence electrons. The molecule has 0 aromatic carbocycles. The minimum absolute atomic E-state index is 0.101. The minimum Gasteiger partial charge on any atom is -0.431 e. The van der Waals surface area contributed by atoms with Gasteiger partial charge in [0.1, 0.15) is 11.7 Å². The van der Waals surface area contributed by atoms with Crippen molar-refractivity contribution >= 4 is 6.16 Å². The predicted octanol–water partition coefficient (Wildman–Crippen LogP) is 3.78. The van der Waals surface area contributed by atoms with E-state index in [1.165, 1.54) is 12.8 Å². The maximum Gasteiger partial charge on any atom is 0.509 e. The van der Waals surface area contributed by atoms with E-state index in [9.17, 15) is 4.79 Å². The molecule has 4 aliphatic rings. The number of ether oxygens (including phenoxy) is 2. The lowest BCUT2D eigenvalue weighted by Gasteiger charge is -2.36. The van der Waals surface area contributed by atoms with Gasteiger partial charge in [0.25, 0.3) is 0 Å². The van der Waals surface area contributed by atoms with E-state index in [1.54, 1.807) is 0 Å². The summed E-state index contributed by atoms with van der Waals surface area (Å²) in [6.07, 6.45) is 8.14. The van der Waals surface area contributed by atoms with Crippen LogP contribution in [0.4, 0.5) is 4.79 Å². The van der Waals surface area contributed by atoms with Crippen molar-refractivity contribution < 1.29 is 14.3 Å². The fourth-order valence-electron chi connectivity index (χ4n) is 5.49. The largest absolute Gasteiger partial charge is 0.509 e. The Balaban J connectivity index is 1.43. The van der Waals surface area contributed by atoms with Crippen LogP contribution < -0.4 is 0 Å². The van der Waals surface area contributed by atoms with Crippen LogP contribution in [0, 0.1) is 35.5 Å². The van der Waals surface area contributed by atoms with Gasteiger partial charge in [0.15, 0.2) is 0 Å². The zero-order valence-corrected chi connectivity index (χ0v) is 12.5. The van der Waals surface area contributed by atoms with E-state index in [0.29, 0.717) is 5.92 Å². The molecule has 7 atom stereocenters. The van der Waals surface area contributed by atoms with Crippen molar-refractivity contribution in [2.75, 3.05) is 0 Å². The molecule has 4 bridgehead atoms. The highest BCUT2D eigenvalue weighted by Crippen LogP contribution is 2.65. The third kappa shape index (κ3) is 1.82. The van der Waals surface area contributed by atoms with Gasteiger partial charge in [-0.05, 0) is 69.6 Å². The number of carbonyl (C=O) groups excluding carboxylic acids is 1. The first-order valence-electron chi connectivity index (χ1n) is 8.00. The third-order valence-corrected chi connectivity index (χ3v) is 5.85. The van der Waals surface area contributed by atoms with Crippen molar-refractivity contribution in [3.05, 3.63) is 12.2 Å². The smallest absolute Gasteiger partial charge is 0.431 e. The predicted molar refractivity (Wildman–Crippen MR) is 75.0 cm³/mol. The van der Waals surface area contributed by atoms with Gasteiger partial charge in [-0.1, -0.05) is 12.2 Å². The number of hydrogen-bond donors (Lipinski definition) is 0. The fraction of sp³-hybridized carbons (Fsp3) is 0.824. The number of carbonyl (C=O) groups is 1. The summed E-state index contributed by atoms with van der Waals surface area (Å²) in [5.74, 6) is 4.59. The summed E-state index contributed by atoms with van der Waals surface area (Å²) in [4.78, 5) is 11.9. The summed E-state index contributed by atoms with van der Waals surface area (Å²) < 4.78 is 11.0. The summed E-state index contributed by atoms with van der Waals surface area (Å²) in [5.41, 5.74) is -0.466. The van der Waals surface area contributed by atoms with E-state index in [-0.39, 0.29) is 6.10 Å². The monoisotopic (exact) mass is 276 g/mol. The summed E-state index contributed by atoms with van der Waals surface area (Å²) in [5, 5.41) is 0. The number of fused-ring (bicyclic) bond motifs is 9. The van der Waals surface area contributed by atoms with E-state index in [1.807, 2.05) is 20.8 Å². The summed E-state index contributed by atoms with van der Waals surface area (Å²) in [7, 11) is 0. The van der Waals surface area contributed by atoms with Gasteiger partial charge in [-0.3, -0.25) is 0 Å². The van der Waals surface area contributed by atoms with Gasteiger partial charge in [-0.2, -0.15) is 0 Å². The van der Waals surface area contributed by atoms with Crippen LogP contribution in [0.2, 0.25) is 0 Å². The average Bonchev–Trinajstić information content (AvgIpc) is 3.03. The molecule has 0 spiro atoms. The van der Waals surface area contributed by atoms with Crippen LogP contribution in [0.5, 0.6) is 0 Å². The Bertz CT molecular complexity index is 461. The van der Waals surface area contributed by atoms with Gasteiger partial charge < -0.3 is 9.47 Å². The Hall–Kier alpha value is -0.990. The first kappa shape index (κ1) is 12.7. The van der Waals surface area contributed by atoms with Crippen molar-refractivity contribution in [2.24, 2.45) is 35.5 Å². The van der Waals surface area contributed by atoms with Gasteiger partial charge >= 0.3 is 6.16 Å². The maximum absolute atomic E-state index is 11.9. The fourth-order valence-corrected chi connectivity index (χ4v) is 5.49. The minimum atomic E-state index is -0.481. The van der Waals surface area contributed by atoms with Crippen molar-refractivity contribution in [3.8, 4) is 0 Å². The van der Waals surface area contributed by atoms with Gasteiger partial charge in [0.2, 0.25) is 0 Å². The van der Waals surface area contributed by atoms with Crippen LogP contribution in [-0.2, 0) is 9.47 Å². The Morgan fingerprint density at radius 1 is 1.05 bits per heavy atom. The molecule has 7 unspecified atom stereocenters. The Labute approximate surface area is 120 Å². The molecular weight excluding hydrogens is 252 g/mol.